The highest BCUT2D eigenvalue weighted by atomic mass is 32.2. The Balaban J connectivity index is 2.63. The quantitative estimate of drug-likeness (QED) is 0.806. The molecule has 0 heterocycles. The molecule has 1 aromatic carbocycles. The molecule has 0 saturated heterocycles. The molecule has 1 amide bonds. The van der Waals surface area contributed by atoms with E-state index in [0.717, 1.165) is 10.5 Å². The van der Waals surface area contributed by atoms with E-state index < -0.39 is 0 Å². The van der Waals surface area contributed by atoms with Crippen LogP contribution in [0.4, 0.5) is 4.39 Å². The molecule has 18 heavy (non-hydrogen) atoms. The smallest absolute Gasteiger partial charge is 0.232 e. The SMILES string of the molecule is CCN(CC)C(=O)CSc1cc(F)cc(CN)c1. The Labute approximate surface area is 112 Å². The molecule has 0 atom stereocenters. The first kappa shape index (κ1) is 15.0. The van der Waals surface area contributed by atoms with Crippen LogP contribution in [0.25, 0.3) is 0 Å². The van der Waals surface area contributed by atoms with Gasteiger partial charge in [0.1, 0.15) is 5.82 Å². The van der Waals surface area contributed by atoms with Crippen molar-refractivity contribution in [2.24, 2.45) is 5.73 Å². The van der Waals surface area contributed by atoms with Crippen molar-refractivity contribution in [3.05, 3.63) is 29.6 Å². The van der Waals surface area contributed by atoms with Gasteiger partial charge in [0.2, 0.25) is 5.91 Å². The first-order valence-corrected chi connectivity index (χ1v) is 6.99. The molecule has 100 valence electrons. The van der Waals surface area contributed by atoms with Crippen LogP contribution in [0.5, 0.6) is 0 Å². The highest BCUT2D eigenvalue weighted by Gasteiger charge is 2.10. The average molecular weight is 270 g/mol. The molecule has 0 aliphatic rings. The van der Waals surface area contributed by atoms with Crippen LogP contribution in [0.15, 0.2) is 23.1 Å². The van der Waals surface area contributed by atoms with Crippen molar-refractivity contribution < 1.29 is 9.18 Å². The van der Waals surface area contributed by atoms with Gasteiger partial charge in [0.05, 0.1) is 5.75 Å². The second kappa shape index (κ2) is 7.38. The average Bonchev–Trinajstić information content (AvgIpc) is 2.37. The van der Waals surface area contributed by atoms with Crippen LogP contribution in [-0.4, -0.2) is 29.6 Å². The minimum absolute atomic E-state index is 0.0727. The Morgan fingerprint density at radius 3 is 2.56 bits per heavy atom. The molecule has 0 radical (unpaired) electrons. The van der Waals surface area contributed by atoms with Crippen molar-refractivity contribution in [1.82, 2.24) is 4.90 Å². The third-order valence-electron chi connectivity index (χ3n) is 2.65. The normalized spacial score (nSPS) is 10.4. The minimum atomic E-state index is -0.310. The maximum Gasteiger partial charge on any atom is 0.232 e. The predicted octanol–water partition coefficient (Wildman–Crippen LogP) is 2.24. The number of hydrogen-bond acceptors (Lipinski definition) is 3. The minimum Gasteiger partial charge on any atom is -0.343 e. The fourth-order valence-corrected chi connectivity index (χ4v) is 2.54. The van der Waals surface area contributed by atoms with E-state index in [4.69, 9.17) is 5.73 Å². The van der Waals surface area contributed by atoms with Crippen LogP contribution in [-0.2, 0) is 11.3 Å². The summed E-state index contributed by atoms with van der Waals surface area (Å²) in [6, 6.07) is 4.67. The lowest BCUT2D eigenvalue weighted by Crippen LogP contribution is -2.31. The highest BCUT2D eigenvalue weighted by molar-refractivity contribution is 8.00. The van der Waals surface area contributed by atoms with Crippen molar-refractivity contribution in [3.63, 3.8) is 0 Å². The number of benzene rings is 1. The molecular formula is C13H19FN2OS. The summed E-state index contributed by atoms with van der Waals surface area (Å²) < 4.78 is 13.3. The molecule has 0 fully saturated rings. The third-order valence-corrected chi connectivity index (χ3v) is 3.61. The van der Waals surface area contributed by atoms with E-state index in [0.29, 0.717) is 25.4 Å². The summed E-state index contributed by atoms with van der Waals surface area (Å²) in [5.41, 5.74) is 6.23. The Morgan fingerprint density at radius 2 is 2.00 bits per heavy atom. The lowest BCUT2D eigenvalue weighted by molar-refractivity contribution is -0.127. The van der Waals surface area contributed by atoms with Gasteiger partial charge in [-0.2, -0.15) is 0 Å². The molecule has 0 bridgehead atoms. The summed E-state index contributed by atoms with van der Waals surface area (Å²) in [5.74, 6) is 0.0918. The van der Waals surface area contributed by atoms with Gasteiger partial charge in [0.15, 0.2) is 0 Å². The standard InChI is InChI=1S/C13H19FN2OS/c1-3-16(4-2)13(17)9-18-12-6-10(8-15)5-11(14)7-12/h5-7H,3-4,8-9,15H2,1-2H3. The number of thioether (sulfide) groups is 1. The second-order valence-electron chi connectivity index (χ2n) is 3.85. The fourth-order valence-electron chi connectivity index (χ4n) is 1.63. The molecule has 3 nitrogen and oxygen atoms in total. The zero-order valence-electron chi connectivity index (χ0n) is 10.8. The predicted molar refractivity (Wildman–Crippen MR) is 72.9 cm³/mol. The van der Waals surface area contributed by atoms with Gasteiger partial charge >= 0.3 is 0 Å². The molecule has 0 aliphatic heterocycles. The van der Waals surface area contributed by atoms with Crippen LogP contribution in [0.3, 0.4) is 0 Å². The molecular weight excluding hydrogens is 251 g/mol. The zero-order chi connectivity index (χ0) is 13.5. The van der Waals surface area contributed by atoms with E-state index in [1.54, 1.807) is 4.90 Å². The second-order valence-corrected chi connectivity index (χ2v) is 4.90. The number of nitrogens with zero attached hydrogens (tertiary/aromatic N) is 1. The van der Waals surface area contributed by atoms with Gasteiger partial charge in [-0.15, -0.1) is 11.8 Å². The van der Waals surface area contributed by atoms with Crippen LogP contribution in [0.2, 0.25) is 0 Å². The molecule has 2 N–H and O–H groups in total. The third kappa shape index (κ3) is 4.31. The maximum absolute atomic E-state index is 13.3. The Hall–Kier alpha value is -1.07. The Bertz CT molecular complexity index is 408. The first-order valence-electron chi connectivity index (χ1n) is 6.00. The molecule has 5 heteroatoms. The first-order chi connectivity index (χ1) is 8.60. The van der Waals surface area contributed by atoms with Crippen LogP contribution < -0.4 is 5.73 Å². The van der Waals surface area contributed by atoms with Crippen molar-refractivity contribution in [3.8, 4) is 0 Å². The van der Waals surface area contributed by atoms with E-state index >= 15 is 0 Å². The van der Waals surface area contributed by atoms with Crippen molar-refractivity contribution in [1.29, 1.82) is 0 Å². The molecule has 0 saturated carbocycles. The number of amides is 1. The molecule has 0 aliphatic carbocycles. The summed E-state index contributed by atoms with van der Waals surface area (Å²) in [6.45, 7) is 5.59. The fraction of sp³-hybridized carbons (Fsp3) is 0.462. The van der Waals surface area contributed by atoms with E-state index in [1.165, 1.54) is 23.9 Å². The van der Waals surface area contributed by atoms with Gasteiger partial charge in [-0.05, 0) is 37.6 Å². The van der Waals surface area contributed by atoms with E-state index in [-0.39, 0.29) is 11.7 Å². The lowest BCUT2D eigenvalue weighted by atomic mass is 10.2. The van der Waals surface area contributed by atoms with Crippen LogP contribution in [0, 0.1) is 5.82 Å². The number of halogens is 1. The molecule has 1 aromatic rings. The van der Waals surface area contributed by atoms with Gasteiger partial charge in [-0.3, -0.25) is 4.79 Å². The summed E-state index contributed by atoms with van der Waals surface area (Å²) in [6.07, 6.45) is 0. The monoisotopic (exact) mass is 270 g/mol. The Morgan fingerprint density at radius 1 is 1.33 bits per heavy atom. The van der Waals surface area contributed by atoms with Gasteiger partial charge < -0.3 is 10.6 Å². The van der Waals surface area contributed by atoms with Crippen molar-refractivity contribution in [2.75, 3.05) is 18.8 Å². The summed E-state index contributed by atoms with van der Waals surface area (Å²) in [7, 11) is 0. The van der Waals surface area contributed by atoms with Crippen molar-refractivity contribution >= 4 is 17.7 Å². The summed E-state index contributed by atoms with van der Waals surface area (Å²) in [5, 5.41) is 0. The van der Waals surface area contributed by atoms with Gasteiger partial charge in [-0.1, -0.05) is 0 Å². The molecule has 0 aromatic heterocycles. The summed E-state index contributed by atoms with van der Waals surface area (Å²) >= 11 is 1.34. The number of hydrogen-bond donors (Lipinski definition) is 1. The Kier molecular flexibility index (Phi) is 6.15. The van der Waals surface area contributed by atoms with Crippen LogP contribution >= 0.6 is 11.8 Å². The van der Waals surface area contributed by atoms with E-state index in [9.17, 15) is 9.18 Å². The van der Waals surface area contributed by atoms with Crippen molar-refractivity contribution in [2.45, 2.75) is 25.3 Å². The van der Waals surface area contributed by atoms with Gasteiger partial charge in [0.25, 0.3) is 0 Å². The number of carbonyl (C=O) groups excluding carboxylic acids is 1. The highest BCUT2D eigenvalue weighted by Crippen LogP contribution is 2.21. The number of carbonyl (C=O) groups is 1. The largest absolute Gasteiger partial charge is 0.343 e. The molecule has 1 rings (SSSR count). The number of nitrogens with two attached hydrogens (primary N) is 1. The van der Waals surface area contributed by atoms with Gasteiger partial charge in [-0.25, -0.2) is 4.39 Å². The molecule has 0 spiro atoms. The number of rotatable bonds is 6. The maximum atomic E-state index is 13.3. The van der Waals surface area contributed by atoms with E-state index in [2.05, 4.69) is 0 Å². The van der Waals surface area contributed by atoms with E-state index in [1.807, 2.05) is 19.9 Å². The lowest BCUT2D eigenvalue weighted by Gasteiger charge is -2.18. The topological polar surface area (TPSA) is 46.3 Å². The van der Waals surface area contributed by atoms with Gasteiger partial charge in [0, 0.05) is 24.5 Å². The zero-order valence-corrected chi connectivity index (χ0v) is 11.6. The van der Waals surface area contributed by atoms with Crippen LogP contribution in [0.1, 0.15) is 19.4 Å². The summed E-state index contributed by atoms with van der Waals surface area (Å²) in [4.78, 5) is 14.3. The molecule has 0 unspecified atom stereocenters.